The van der Waals surface area contributed by atoms with Crippen LogP contribution in [0.5, 0.6) is 0 Å². The van der Waals surface area contributed by atoms with Gasteiger partial charge >= 0.3 is 0 Å². The molecular formula is C13H20N4S. The highest BCUT2D eigenvalue weighted by Crippen LogP contribution is 2.19. The molecule has 4 nitrogen and oxygen atoms in total. The molecule has 0 saturated carbocycles. The average Bonchev–Trinajstić information content (AvgIpc) is 2.86. The first-order chi connectivity index (χ1) is 8.60. The van der Waals surface area contributed by atoms with Crippen LogP contribution in [0.2, 0.25) is 0 Å². The fraction of sp³-hybridized carbons (Fsp3) is 0.538. The Kier molecular flexibility index (Phi) is 4.14. The van der Waals surface area contributed by atoms with Crippen molar-refractivity contribution in [1.82, 2.24) is 20.1 Å². The van der Waals surface area contributed by atoms with E-state index in [1.165, 1.54) is 5.69 Å². The van der Waals surface area contributed by atoms with E-state index in [-0.39, 0.29) is 6.04 Å². The van der Waals surface area contributed by atoms with Gasteiger partial charge in [0, 0.05) is 24.5 Å². The van der Waals surface area contributed by atoms with Crippen LogP contribution in [-0.2, 0) is 13.5 Å². The predicted molar refractivity (Wildman–Crippen MR) is 74.9 cm³/mol. The highest BCUT2D eigenvalue weighted by atomic mass is 32.1. The Bertz CT molecular complexity index is 495. The zero-order valence-corrected chi connectivity index (χ0v) is 12.2. The normalized spacial score (nSPS) is 12.9. The highest BCUT2D eigenvalue weighted by Gasteiger charge is 2.16. The van der Waals surface area contributed by atoms with Gasteiger partial charge in [0.2, 0.25) is 0 Å². The Balaban J connectivity index is 2.17. The van der Waals surface area contributed by atoms with Crippen LogP contribution in [0.3, 0.4) is 0 Å². The molecule has 0 aromatic carbocycles. The van der Waals surface area contributed by atoms with Gasteiger partial charge in [-0.25, -0.2) is 4.98 Å². The molecule has 18 heavy (non-hydrogen) atoms. The minimum Gasteiger partial charge on any atom is -0.309 e. The summed E-state index contributed by atoms with van der Waals surface area (Å²) >= 11 is 1.70. The summed E-state index contributed by atoms with van der Waals surface area (Å²) in [7, 11) is 1.98. The molecule has 2 heterocycles. The third-order valence-corrected chi connectivity index (χ3v) is 3.84. The lowest BCUT2D eigenvalue weighted by molar-refractivity contribution is 0.523. The van der Waals surface area contributed by atoms with Crippen LogP contribution >= 0.6 is 11.3 Å². The number of hydrogen-bond acceptors (Lipinski definition) is 4. The number of thiazole rings is 1. The third kappa shape index (κ3) is 2.97. The van der Waals surface area contributed by atoms with E-state index >= 15 is 0 Å². The number of aryl methyl sites for hydroxylation is 3. The van der Waals surface area contributed by atoms with Gasteiger partial charge in [-0.2, -0.15) is 5.10 Å². The van der Waals surface area contributed by atoms with E-state index in [0.717, 1.165) is 29.4 Å². The lowest BCUT2D eigenvalue weighted by atomic mass is 10.1. The van der Waals surface area contributed by atoms with Crippen LogP contribution in [0.25, 0.3) is 0 Å². The standard InChI is InChI=1S/C13H20N4S/c1-5-14-12(7-11-8-18-10(3)15-11)13-6-9(2)17(4)16-13/h6,8,12,14H,5,7H2,1-4H3. The van der Waals surface area contributed by atoms with E-state index in [1.807, 2.05) is 18.7 Å². The van der Waals surface area contributed by atoms with Gasteiger partial charge in [-0.15, -0.1) is 11.3 Å². The summed E-state index contributed by atoms with van der Waals surface area (Å²) in [4.78, 5) is 4.53. The molecule has 0 fully saturated rings. The third-order valence-electron chi connectivity index (χ3n) is 3.02. The molecule has 2 aromatic heterocycles. The van der Waals surface area contributed by atoms with Gasteiger partial charge < -0.3 is 5.32 Å². The summed E-state index contributed by atoms with van der Waals surface area (Å²) < 4.78 is 1.92. The summed E-state index contributed by atoms with van der Waals surface area (Å²) in [5, 5.41) is 11.3. The van der Waals surface area contributed by atoms with Crippen molar-refractivity contribution in [2.24, 2.45) is 7.05 Å². The summed E-state index contributed by atoms with van der Waals surface area (Å²) in [5.74, 6) is 0. The first kappa shape index (κ1) is 13.2. The van der Waals surface area contributed by atoms with Crippen LogP contribution in [0.15, 0.2) is 11.4 Å². The Morgan fingerprint density at radius 3 is 2.72 bits per heavy atom. The number of aromatic nitrogens is 3. The molecule has 98 valence electrons. The van der Waals surface area contributed by atoms with Crippen LogP contribution < -0.4 is 5.32 Å². The Labute approximate surface area is 112 Å². The van der Waals surface area contributed by atoms with Crippen LogP contribution in [0, 0.1) is 13.8 Å². The van der Waals surface area contributed by atoms with Crippen molar-refractivity contribution in [1.29, 1.82) is 0 Å². The smallest absolute Gasteiger partial charge is 0.0897 e. The number of hydrogen-bond donors (Lipinski definition) is 1. The van der Waals surface area contributed by atoms with Crippen molar-refractivity contribution >= 4 is 11.3 Å². The van der Waals surface area contributed by atoms with E-state index in [9.17, 15) is 0 Å². The summed E-state index contributed by atoms with van der Waals surface area (Å²) in [6.07, 6.45) is 0.897. The second-order valence-electron chi connectivity index (χ2n) is 4.51. The number of nitrogens with one attached hydrogen (secondary N) is 1. The number of likely N-dealkylation sites (N-methyl/N-ethyl adjacent to an activating group) is 1. The SMILES string of the molecule is CCNC(Cc1csc(C)n1)c1cc(C)n(C)n1. The molecule has 1 atom stereocenters. The Morgan fingerprint density at radius 1 is 1.44 bits per heavy atom. The minimum absolute atomic E-state index is 0.247. The fourth-order valence-corrected chi connectivity index (χ4v) is 2.62. The first-order valence-corrected chi connectivity index (χ1v) is 7.13. The van der Waals surface area contributed by atoms with Gasteiger partial charge in [0.25, 0.3) is 0 Å². The zero-order valence-electron chi connectivity index (χ0n) is 11.4. The fourth-order valence-electron chi connectivity index (χ4n) is 2.00. The van der Waals surface area contributed by atoms with E-state index in [1.54, 1.807) is 11.3 Å². The van der Waals surface area contributed by atoms with Crippen molar-refractivity contribution in [2.45, 2.75) is 33.2 Å². The molecule has 0 amide bonds. The van der Waals surface area contributed by atoms with Gasteiger partial charge in [0.15, 0.2) is 0 Å². The molecule has 0 aliphatic heterocycles. The molecule has 1 N–H and O–H groups in total. The monoisotopic (exact) mass is 264 g/mol. The van der Waals surface area contributed by atoms with Gasteiger partial charge in [0.1, 0.15) is 0 Å². The predicted octanol–water partition coefficient (Wildman–Crippen LogP) is 2.39. The quantitative estimate of drug-likeness (QED) is 0.901. The van der Waals surface area contributed by atoms with Gasteiger partial charge in [-0.3, -0.25) is 4.68 Å². The van der Waals surface area contributed by atoms with E-state index in [4.69, 9.17) is 0 Å². The maximum absolute atomic E-state index is 4.56. The maximum Gasteiger partial charge on any atom is 0.0897 e. The van der Waals surface area contributed by atoms with Crippen LogP contribution in [0.1, 0.15) is 35.1 Å². The molecule has 0 aliphatic carbocycles. The van der Waals surface area contributed by atoms with Gasteiger partial charge in [-0.05, 0) is 26.5 Å². The van der Waals surface area contributed by atoms with Crippen LogP contribution in [-0.4, -0.2) is 21.3 Å². The molecule has 0 bridgehead atoms. The molecule has 0 saturated heterocycles. The van der Waals surface area contributed by atoms with Gasteiger partial charge in [0.05, 0.1) is 22.4 Å². The van der Waals surface area contributed by atoms with E-state index in [0.29, 0.717) is 0 Å². The van der Waals surface area contributed by atoms with Crippen molar-refractivity contribution in [3.05, 3.63) is 33.5 Å². The summed E-state index contributed by atoms with van der Waals surface area (Å²) in [6.45, 7) is 7.17. The molecular weight excluding hydrogens is 244 g/mol. The molecule has 2 aromatic rings. The Hall–Kier alpha value is -1.20. The minimum atomic E-state index is 0.247. The maximum atomic E-state index is 4.56. The molecule has 5 heteroatoms. The zero-order chi connectivity index (χ0) is 13.1. The second-order valence-corrected chi connectivity index (χ2v) is 5.57. The highest BCUT2D eigenvalue weighted by molar-refractivity contribution is 7.09. The van der Waals surface area contributed by atoms with Gasteiger partial charge in [-0.1, -0.05) is 6.92 Å². The topological polar surface area (TPSA) is 42.7 Å². The lowest BCUT2D eigenvalue weighted by Gasteiger charge is -2.14. The van der Waals surface area contributed by atoms with E-state index < -0.39 is 0 Å². The summed E-state index contributed by atoms with van der Waals surface area (Å²) in [5.41, 5.74) is 3.43. The van der Waals surface area contributed by atoms with Crippen molar-refractivity contribution < 1.29 is 0 Å². The molecule has 1 unspecified atom stereocenters. The van der Waals surface area contributed by atoms with E-state index in [2.05, 4.69) is 40.7 Å². The molecule has 2 rings (SSSR count). The molecule has 0 radical (unpaired) electrons. The van der Waals surface area contributed by atoms with Crippen LogP contribution in [0.4, 0.5) is 0 Å². The molecule has 0 spiro atoms. The van der Waals surface area contributed by atoms with Crippen molar-refractivity contribution in [2.75, 3.05) is 6.54 Å². The number of rotatable bonds is 5. The van der Waals surface area contributed by atoms with Crippen molar-refractivity contribution in [3.63, 3.8) is 0 Å². The largest absolute Gasteiger partial charge is 0.309 e. The molecule has 0 aliphatic rings. The first-order valence-electron chi connectivity index (χ1n) is 6.25. The summed E-state index contributed by atoms with van der Waals surface area (Å²) in [6, 6.07) is 2.39. The second kappa shape index (κ2) is 5.63. The average molecular weight is 264 g/mol. The lowest BCUT2D eigenvalue weighted by Crippen LogP contribution is -2.23. The van der Waals surface area contributed by atoms with Crippen molar-refractivity contribution in [3.8, 4) is 0 Å². The number of nitrogens with zero attached hydrogens (tertiary/aromatic N) is 3. The Morgan fingerprint density at radius 2 is 2.22 bits per heavy atom.